The zero-order valence-corrected chi connectivity index (χ0v) is 8.45. The highest BCUT2D eigenvalue weighted by Crippen LogP contribution is 1.99. The van der Waals surface area contributed by atoms with Crippen LogP contribution >= 0.6 is 0 Å². The predicted octanol–water partition coefficient (Wildman–Crippen LogP) is 0.00920. The maximum absolute atomic E-state index is 11.4. The molecule has 78 valence electrons. The third kappa shape index (κ3) is 2.85. The van der Waals surface area contributed by atoms with E-state index in [-0.39, 0.29) is 11.8 Å². The lowest BCUT2D eigenvalue weighted by Crippen LogP contribution is -2.43. The molecule has 0 bridgehead atoms. The normalized spacial score (nSPS) is 12.9. The van der Waals surface area contributed by atoms with E-state index in [9.17, 15) is 4.79 Å². The standard InChI is InChI=1S/C9H16N4O/c1-6(2)8(10)9(14)11-3-7-4-12-13-5-7/h4-6,8H,3,10H2,1-2H3,(H,11,14)(H,12,13)/t8-/m1/s1. The van der Waals surface area contributed by atoms with Crippen molar-refractivity contribution >= 4 is 5.91 Å². The fourth-order valence-electron chi connectivity index (χ4n) is 0.984. The maximum Gasteiger partial charge on any atom is 0.237 e. The molecule has 1 rings (SSSR count). The predicted molar refractivity (Wildman–Crippen MR) is 53.2 cm³/mol. The number of hydrogen-bond donors (Lipinski definition) is 3. The zero-order chi connectivity index (χ0) is 10.6. The van der Waals surface area contributed by atoms with Crippen LogP contribution in [-0.4, -0.2) is 22.1 Å². The van der Waals surface area contributed by atoms with Gasteiger partial charge in [-0.15, -0.1) is 0 Å². The lowest BCUT2D eigenvalue weighted by molar-refractivity contribution is -0.123. The second-order valence-corrected chi connectivity index (χ2v) is 3.59. The molecule has 0 aliphatic rings. The summed E-state index contributed by atoms with van der Waals surface area (Å²) < 4.78 is 0. The summed E-state index contributed by atoms with van der Waals surface area (Å²) in [4.78, 5) is 11.4. The highest BCUT2D eigenvalue weighted by atomic mass is 16.2. The highest BCUT2D eigenvalue weighted by molar-refractivity contribution is 5.81. The van der Waals surface area contributed by atoms with Gasteiger partial charge in [0.25, 0.3) is 0 Å². The van der Waals surface area contributed by atoms with E-state index in [2.05, 4.69) is 15.5 Å². The monoisotopic (exact) mass is 196 g/mol. The molecular weight excluding hydrogens is 180 g/mol. The highest BCUT2D eigenvalue weighted by Gasteiger charge is 2.16. The van der Waals surface area contributed by atoms with Crippen molar-refractivity contribution < 1.29 is 4.79 Å². The molecule has 0 saturated carbocycles. The Hall–Kier alpha value is -1.36. The zero-order valence-electron chi connectivity index (χ0n) is 8.45. The molecular formula is C9H16N4O. The molecule has 1 amide bonds. The molecule has 4 N–H and O–H groups in total. The van der Waals surface area contributed by atoms with E-state index in [1.807, 2.05) is 13.8 Å². The number of amides is 1. The molecule has 5 heteroatoms. The summed E-state index contributed by atoms with van der Waals surface area (Å²) in [6, 6.07) is -0.443. The van der Waals surface area contributed by atoms with E-state index in [0.29, 0.717) is 6.54 Å². The molecule has 5 nitrogen and oxygen atoms in total. The maximum atomic E-state index is 11.4. The van der Waals surface area contributed by atoms with Crippen LogP contribution in [0, 0.1) is 5.92 Å². The van der Waals surface area contributed by atoms with E-state index in [1.165, 1.54) is 0 Å². The first kappa shape index (κ1) is 10.7. The summed E-state index contributed by atoms with van der Waals surface area (Å²) in [5, 5.41) is 9.19. The van der Waals surface area contributed by atoms with Gasteiger partial charge in [-0.1, -0.05) is 13.8 Å². The number of H-pyrrole nitrogens is 1. The topological polar surface area (TPSA) is 83.8 Å². The third-order valence-corrected chi connectivity index (χ3v) is 2.04. The van der Waals surface area contributed by atoms with Gasteiger partial charge in [0.2, 0.25) is 5.91 Å². The first-order valence-corrected chi connectivity index (χ1v) is 4.62. The van der Waals surface area contributed by atoms with Crippen LogP contribution in [0.5, 0.6) is 0 Å². The van der Waals surface area contributed by atoms with Gasteiger partial charge in [0.15, 0.2) is 0 Å². The second kappa shape index (κ2) is 4.76. The van der Waals surface area contributed by atoms with Crippen molar-refractivity contribution in [3.8, 4) is 0 Å². The summed E-state index contributed by atoms with van der Waals surface area (Å²) in [5.41, 5.74) is 6.60. The molecule has 1 heterocycles. The SMILES string of the molecule is CC(C)[C@@H](N)C(=O)NCc1cn[nH]c1. The van der Waals surface area contributed by atoms with Crippen LogP contribution in [0.15, 0.2) is 12.4 Å². The summed E-state index contributed by atoms with van der Waals surface area (Å²) in [7, 11) is 0. The Balaban J connectivity index is 2.35. The summed E-state index contributed by atoms with van der Waals surface area (Å²) >= 11 is 0. The average Bonchev–Trinajstić information content (AvgIpc) is 2.65. The Labute approximate surface area is 83.1 Å². The van der Waals surface area contributed by atoms with Gasteiger partial charge in [0.05, 0.1) is 12.2 Å². The fourth-order valence-corrected chi connectivity index (χ4v) is 0.984. The number of nitrogens with one attached hydrogen (secondary N) is 2. The fraction of sp³-hybridized carbons (Fsp3) is 0.556. The van der Waals surface area contributed by atoms with Gasteiger partial charge in [-0.05, 0) is 5.92 Å². The van der Waals surface area contributed by atoms with Gasteiger partial charge in [-0.25, -0.2) is 0 Å². The Morgan fingerprint density at radius 3 is 2.93 bits per heavy atom. The molecule has 14 heavy (non-hydrogen) atoms. The van der Waals surface area contributed by atoms with Gasteiger partial charge < -0.3 is 11.1 Å². The first-order chi connectivity index (χ1) is 6.61. The number of carbonyl (C=O) groups excluding carboxylic acids is 1. The molecule has 0 spiro atoms. The van der Waals surface area contributed by atoms with E-state index in [4.69, 9.17) is 5.73 Å². The number of hydrogen-bond acceptors (Lipinski definition) is 3. The van der Waals surface area contributed by atoms with E-state index in [0.717, 1.165) is 5.56 Å². The van der Waals surface area contributed by atoms with Crippen LogP contribution < -0.4 is 11.1 Å². The van der Waals surface area contributed by atoms with Crippen LogP contribution in [-0.2, 0) is 11.3 Å². The van der Waals surface area contributed by atoms with Crippen LogP contribution in [0.1, 0.15) is 19.4 Å². The van der Waals surface area contributed by atoms with Crippen molar-refractivity contribution in [2.75, 3.05) is 0 Å². The lowest BCUT2D eigenvalue weighted by Gasteiger charge is -2.14. The van der Waals surface area contributed by atoms with Crippen LogP contribution in [0.2, 0.25) is 0 Å². The second-order valence-electron chi connectivity index (χ2n) is 3.59. The smallest absolute Gasteiger partial charge is 0.237 e. The Bertz CT molecular complexity index is 281. The molecule has 0 unspecified atom stereocenters. The van der Waals surface area contributed by atoms with Gasteiger partial charge in [-0.2, -0.15) is 5.10 Å². The van der Waals surface area contributed by atoms with Crippen molar-refractivity contribution in [2.24, 2.45) is 11.7 Å². The lowest BCUT2D eigenvalue weighted by atomic mass is 10.1. The molecule has 0 aliphatic heterocycles. The van der Waals surface area contributed by atoms with Crippen LogP contribution in [0.3, 0.4) is 0 Å². The van der Waals surface area contributed by atoms with E-state index in [1.54, 1.807) is 12.4 Å². The molecule has 0 fully saturated rings. The van der Waals surface area contributed by atoms with Crippen molar-refractivity contribution in [3.63, 3.8) is 0 Å². The Morgan fingerprint density at radius 2 is 2.43 bits per heavy atom. The number of nitrogens with zero attached hydrogens (tertiary/aromatic N) is 1. The molecule has 0 aliphatic carbocycles. The van der Waals surface area contributed by atoms with E-state index < -0.39 is 6.04 Å². The average molecular weight is 196 g/mol. The number of aromatic amines is 1. The minimum Gasteiger partial charge on any atom is -0.351 e. The first-order valence-electron chi connectivity index (χ1n) is 4.62. The third-order valence-electron chi connectivity index (χ3n) is 2.04. The van der Waals surface area contributed by atoms with Crippen LogP contribution in [0.25, 0.3) is 0 Å². The summed E-state index contributed by atoms with van der Waals surface area (Å²) in [6.07, 6.45) is 3.41. The quantitative estimate of drug-likeness (QED) is 0.634. The van der Waals surface area contributed by atoms with Crippen molar-refractivity contribution in [1.29, 1.82) is 0 Å². The molecule has 0 radical (unpaired) electrons. The summed E-state index contributed by atoms with van der Waals surface area (Å²) in [6.45, 7) is 4.31. The van der Waals surface area contributed by atoms with Gasteiger partial charge >= 0.3 is 0 Å². The number of rotatable bonds is 4. The van der Waals surface area contributed by atoms with Crippen molar-refractivity contribution in [1.82, 2.24) is 15.5 Å². The number of aromatic nitrogens is 2. The van der Waals surface area contributed by atoms with Crippen molar-refractivity contribution in [2.45, 2.75) is 26.4 Å². The number of nitrogens with two attached hydrogens (primary N) is 1. The van der Waals surface area contributed by atoms with Gasteiger partial charge in [-0.3, -0.25) is 9.89 Å². The number of carbonyl (C=O) groups is 1. The van der Waals surface area contributed by atoms with Gasteiger partial charge in [0, 0.05) is 18.3 Å². The molecule has 1 aromatic rings. The molecule has 1 aromatic heterocycles. The Kier molecular flexibility index (Phi) is 3.64. The minimum atomic E-state index is -0.443. The molecule has 0 saturated heterocycles. The van der Waals surface area contributed by atoms with Gasteiger partial charge in [0.1, 0.15) is 0 Å². The largest absolute Gasteiger partial charge is 0.351 e. The van der Waals surface area contributed by atoms with E-state index >= 15 is 0 Å². The summed E-state index contributed by atoms with van der Waals surface area (Å²) in [5.74, 6) is 0.0283. The van der Waals surface area contributed by atoms with Crippen molar-refractivity contribution in [3.05, 3.63) is 18.0 Å². The minimum absolute atomic E-state index is 0.124. The molecule has 0 aromatic carbocycles. The molecule has 1 atom stereocenters. The van der Waals surface area contributed by atoms with Crippen LogP contribution in [0.4, 0.5) is 0 Å². The Morgan fingerprint density at radius 1 is 1.71 bits per heavy atom.